The minimum Gasteiger partial charge on any atom is -0.327 e. The average Bonchev–Trinajstić information content (AvgIpc) is 2.75. The lowest BCUT2D eigenvalue weighted by molar-refractivity contribution is 0.959. The van der Waals surface area contributed by atoms with Crippen molar-refractivity contribution in [3.8, 4) is 11.4 Å². The Morgan fingerprint density at radius 3 is 2.75 bits per heavy atom. The molecule has 3 rings (SSSR count). The van der Waals surface area contributed by atoms with Crippen LogP contribution in [0.5, 0.6) is 0 Å². The second-order valence-corrected chi connectivity index (χ2v) is 5.44. The lowest BCUT2D eigenvalue weighted by Gasteiger charge is -2.04. The largest absolute Gasteiger partial charge is 0.327 e. The van der Waals surface area contributed by atoms with E-state index < -0.39 is 0 Å². The van der Waals surface area contributed by atoms with Crippen LogP contribution >= 0.6 is 11.6 Å². The van der Waals surface area contributed by atoms with E-state index in [4.69, 9.17) is 22.3 Å². The molecule has 1 heterocycles. The second-order valence-electron chi connectivity index (χ2n) is 5.00. The van der Waals surface area contributed by atoms with Gasteiger partial charge >= 0.3 is 0 Å². The van der Waals surface area contributed by atoms with Crippen LogP contribution in [-0.2, 0) is 13.6 Å². The van der Waals surface area contributed by atoms with Crippen LogP contribution in [0.3, 0.4) is 0 Å². The van der Waals surface area contributed by atoms with Gasteiger partial charge in [-0.1, -0.05) is 23.7 Å². The van der Waals surface area contributed by atoms with Crippen molar-refractivity contribution >= 4 is 22.6 Å². The van der Waals surface area contributed by atoms with Crippen LogP contribution in [0.2, 0.25) is 5.02 Å². The maximum absolute atomic E-state index is 6.15. The predicted molar refractivity (Wildman–Crippen MR) is 83.8 cm³/mol. The summed E-state index contributed by atoms with van der Waals surface area (Å²) in [6.07, 6.45) is 0. The maximum atomic E-state index is 6.15. The van der Waals surface area contributed by atoms with E-state index in [9.17, 15) is 0 Å². The standard InChI is InChI=1S/C16H16ClN3/c1-10-6-12(8-13(17)7-10)16-19-15-11(9-18)4-3-5-14(15)20(16)2/h3-8H,9,18H2,1-2H3. The summed E-state index contributed by atoms with van der Waals surface area (Å²) in [6, 6.07) is 12.1. The van der Waals surface area contributed by atoms with E-state index in [-0.39, 0.29) is 0 Å². The third kappa shape index (κ3) is 2.09. The zero-order valence-corrected chi connectivity index (χ0v) is 12.3. The minimum atomic E-state index is 0.488. The van der Waals surface area contributed by atoms with Crippen molar-refractivity contribution in [1.82, 2.24) is 9.55 Å². The molecule has 1 aromatic heterocycles. The first kappa shape index (κ1) is 13.2. The highest BCUT2D eigenvalue weighted by atomic mass is 35.5. The molecule has 0 amide bonds. The maximum Gasteiger partial charge on any atom is 0.140 e. The molecule has 4 heteroatoms. The third-order valence-corrected chi connectivity index (χ3v) is 3.73. The van der Waals surface area contributed by atoms with Crippen LogP contribution in [0.1, 0.15) is 11.1 Å². The van der Waals surface area contributed by atoms with Gasteiger partial charge in [0.15, 0.2) is 0 Å². The van der Waals surface area contributed by atoms with Crippen molar-refractivity contribution in [3.05, 3.63) is 52.5 Å². The molecule has 3 aromatic rings. The van der Waals surface area contributed by atoms with Crippen molar-refractivity contribution < 1.29 is 0 Å². The normalized spacial score (nSPS) is 11.2. The van der Waals surface area contributed by atoms with Crippen LogP contribution in [0, 0.1) is 6.92 Å². The van der Waals surface area contributed by atoms with E-state index >= 15 is 0 Å². The number of nitrogens with two attached hydrogens (primary N) is 1. The molecule has 3 nitrogen and oxygen atoms in total. The molecule has 0 aliphatic heterocycles. The molecule has 0 bridgehead atoms. The monoisotopic (exact) mass is 285 g/mol. The molecule has 20 heavy (non-hydrogen) atoms. The Balaban J connectivity index is 2.29. The number of hydrogen-bond acceptors (Lipinski definition) is 2. The zero-order valence-electron chi connectivity index (χ0n) is 11.5. The molecule has 0 atom stereocenters. The van der Waals surface area contributed by atoms with E-state index in [0.717, 1.165) is 38.6 Å². The molecule has 0 saturated carbocycles. The van der Waals surface area contributed by atoms with E-state index in [1.807, 2.05) is 38.2 Å². The van der Waals surface area contributed by atoms with Gasteiger partial charge in [-0.05, 0) is 42.3 Å². The van der Waals surface area contributed by atoms with Crippen molar-refractivity contribution in [2.24, 2.45) is 12.8 Å². The van der Waals surface area contributed by atoms with E-state index in [2.05, 4.69) is 16.7 Å². The number of imidazole rings is 1. The Morgan fingerprint density at radius 2 is 2.05 bits per heavy atom. The highest BCUT2D eigenvalue weighted by molar-refractivity contribution is 6.30. The fourth-order valence-electron chi connectivity index (χ4n) is 2.56. The quantitative estimate of drug-likeness (QED) is 0.781. The van der Waals surface area contributed by atoms with Crippen LogP contribution in [0.25, 0.3) is 22.4 Å². The molecule has 2 aromatic carbocycles. The number of rotatable bonds is 2. The van der Waals surface area contributed by atoms with Gasteiger partial charge in [0.1, 0.15) is 5.82 Å². The molecule has 0 spiro atoms. The molecular weight excluding hydrogens is 270 g/mol. The van der Waals surface area contributed by atoms with Gasteiger partial charge in [0.05, 0.1) is 11.0 Å². The summed E-state index contributed by atoms with van der Waals surface area (Å²) in [4.78, 5) is 4.76. The number of aromatic nitrogens is 2. The summed E-state index contributed by atoms with van der Waals surface area (Å²) in [5.41, 5.74) is 11.0. The van der Waals surface area contributed by atoms with Crippen molar-refractivity contribution in [3.63, 3.8) is 0 Å². The topological polar surface area (TPSA) is 43.8 Å². The molecule has 0 saturated heterocycles. The summed E-state index contributed by atoms with van der Waals surface area (Å²) in [5.74, 6) is 0.909. The van der Waals surface area contributed by atoms with Gasteiger partial charge in [-0.2, -0.15) is 0 Å². The van der Waals surface area contributed by atoms with Crippen molar-refractivity contribution in [2.45, 2.75) is 13.5 Å². The molecule has 102 valence electrons. The van der Waals surface area contributed by atoms with Gasteiger partial charge in [-0.25, -0.2) is 4.98 Å². The molecule has 0 fully saturated rings. The lowest BCUT2D eigenvalue weighted by atomic mass is 10.1. The van der Waals surface area contributed by atoms with Crippen molar-refractivity contribution in [2.75, 3.05) is 0 Å². The number of nitrogens with zero attached hydrogens (tertiary/aromatic N) is 2. The summed E-state index contributed by atoms with van der Waals surface area (Å²) >= 11 is 6.15. The molecule has 0 aliphatic carbocycles. The Bertz CT molecular complexity index is 770. The minimum absolute atomic E-state index is 0.488. The number of benzene rings is 2. The number of para-hydroxylation sites is 1. The molecular formula is C16H16ClN3. The molecule has 0 aliphatic rings. The summed E-state index contributed by atoms with van der Waals surface area (Å²) in [5, 5.41) is 0.728. The first-order valence-corrected chi connectivity index (χ1v) is 6.90. The summed E-state index contributed by atoms with van der Waals surface area (Å²) in [7, 11) is 2.02. The Labute approximate surface area is 123 Å². The fourth-order valence-corrected chi connectivity index (χ4v) is 2.85. The molecule has 2 N–H and O–H groups in total. The smallest absolute Gasteiger partial charge is 0.140 e. The predicted octanol–water partition coefficient (Wildman–Crippen LogP) is 3.66. The number of fused-ring (bicyclic) bond motifs is 1. The van der Waals surface area contributed by atoms with Crippen molar-refractivity contribution in [1.29, 1.82) is 0 Å². The number of aryl methyl sites for hydroxylation is 2. The number of halogens is 1. The first-order chi connectivity index (χ1) is 9.60. The second kappa shape index (κ2) is 4.93. The van der Waals surface area contributed by atoms with Gasteiger partial charge in [0, 0.05) is 24.2 Å². The highest BCUT2D eigenvalue weighted by Gasteiger charge is 2.12. The summed E-state index contributed by atoms with van der Waals surface area (Å²) in [6.45, 7) is 2.52. The van der Waals surface area contributed by atoms with Gasteiger partial charge in [0.2, 0.25) is 0 Å². The third-order valence-electron chi connectivity index (χ3n) is 3.52. The Morgan fingerprint density at radius 1 is 1.25 bits per heavy atom. The van der Waals surface area contributed by atoms with E-state index in [0.29, 0.717) is 6.54 Å². The number of hydrogen-bond donors (Lipinski definition) is 1. The van der Waals surface area contributed by atoms with E-state index in [1.54, 1.807) is 0 Å². The SMILES string of the molecule is Cc1cc(Cl)cc(-c2nc3c(CN)cccc3n2C)c1. The highest BCUT2D eigenvalue weighted by Crippen LogP contribution is 2.28. The van der Waals surface area contributed by atoms with E-state index in [1.165, 1.54) is 0 Å². The van der Waals surface area contributed by atoms with Crippen LogP contribution in [0.4, 0.5) is 0 Å². The first-order valence-electron chi connectivity index (χ1n) is 6.52. The van der Waals surface area contributed by atoms with Gasteiger partial charge < -0.3 is 10.3 Å². The van der Waals surface area contributed by atoms with Gasteiger partial charge in [-0.3, -0.25) is 0 Å². The fraction of sp³-hybridized carbons (Fsp3) is 0.188. The lowest BCUT2D eigenvalue weighted by Crippen LogP contribution is -1.97. The van der Waals surface area contributed by atoms with Crippen LogP contribution in [-0.4, -0.2) is 9.55 Å². The Hall–Kier alpha value is -1.84. The molecule has 0 radical (unpaired) electrons. The zero-order chi connectivity index (χ0) is 14.3. The van der Waals surface area contributed by atoms with Gasteiger partial charge in [0.25, 0.3) is 0 Å². The van der Waals surface area contributed by atoms with Gasteiger partial charge in [-0.15, -0.1) is 0 Å². The van der Waals surface area contributed by atoms with Crippen LogP contribution in [0.15, 0.2) is 36.4 Å². The molecule has 0 unspecified atom stereocenters. The Kier molecular flexibility index (Phi) is 3.24. The van der Waals surface area contributed by atoms with Crippen LogP contribution < -0.4 is 5.73 Å². The average molecular weight is 286 g/mol. The summed E-state index contributed by atoms with van der Waals surface area (Å²) < 4.78 is 2.08.